The number of sulfonamides is 1. The Morgan fingerprint density at radius 3 is 2.27 bits per heavy atom. The van der Waals surface area contributed by atoms with Crippen molar-refractivity contribution in [3.05, 3.63) is 88.4 Å². The monoisotopic (exact) mass is 532 g/mol. The Kier molecular flexibility index (Phi) is 8.35. The summed E-state index contributed by atoms with van der Waals surface area (Å²) >= 11 is 3.37. The van der Waals surface area contributed by atoms with Gasteiger partial charge in [0.25, 0.3) is 5.91 Å². The lowest BCUT2D eigenvalue weighted by Gasteiger charge is -2.23. The van der Waals surface area contributed by atoms with Gasteiger partial charge in [-0.05, 0) is 60.2 Å². The summed E-state index contributed by atoms with van der Waals surface area (Å²) in [6, 6.07) is 21.2. The number of nitrogens with zero attached hydrogens (tertiary/aromatic N) is 1. The average Bonchev–Trinajstić information content (AvgIpc) is 2.80. The molecular formula is C24H25BrN2O5S. The molecule has 0 spiro atoms. The first-order valence-corrected chi connectivity index (χ1v) is 12.8. The van der Waals surface area contributed by atoms with E-state index < -0.39 is 10.0 Å². The quantitative estimate of drug-likeness (QED) is 0.395. The van der Waals surface area contributed by atoms with Crippen LogP contribution in [0.25, 0.3) is 0 Å². The predicted octanol–water partition coefficient (Wildman–Crippen LogP) is 4.23. The van der Waals surface area contributed by atoms with Gasteiger partial charge in [-0.3, -0.25) is 9.10 Å². The van der Waals surface area contributed by atoms with E-state index in [0.29, 0.717) is 30.2 Å². The molecule has 3 aromatic rings. The third kappa shape index (κ3) is 7.23. The molecule has 1 N–H and O–H groups in total. The van der Waals surface area contributed by atoms with Gasteiger partial charge in [0.2, 0.25) is 10.0 Å². The first kappa shape index (κ1) is 24.6. The van der Waals surface area contributed by atoms with E-state index in [1.54, 1.807) is 73.8 Å². The van der Waals surface area contributed by atoms with Crippen molar-refractivity contribution in [2.45, 2.75) is 6.54 Å². The molecule has 7 nitrogen and oxygen atoms in total. The molecule has 0 aliphatic heterocycles. The van der Waals surface area contributed by atoms with Gasteiger partial charge in [-0.1, -0.05) is 34.1 Å². The van der Waals surface area contributed by atoms with Gasteiger partial charge in [-0.15, -0.1) is 0 Å². The van der Waals surface area contributed by atoms with E-state index in [9.17, 15) is 13.2 Å². The summed E-state index contributed by atoms with van der Waals surface area (Å²) in [5, 5.41) is 2.81. The minimum Gasteiger partial charge on any atom is -0.497 e. The fourth-order valence-electron chi connectivity index (χ4n) is 3.07. The number of carbonyl (C=O) groups is 1. The molecule has 0 aromatic heterocycles. The summed E-state index contributed by atoms with van der Waals surface area (Å²) in [5.74, 6) is 1.21. The van der Waals surface area contributed by atoms with E-state index in [-0.39, 0.29) is 12.5 Å². The molecule has 3 aromatic carbocycles. The van der Waals surface area contributed by atoms with Crippen molar-refractivity contribution in [3.8, 4) is 11.5 Å². The molecule has 0 radical (unpaired) electrons. The molecule has 0 saturated heterocycles. The molecule has 0 aliphatic carbocycles. The lowest BCUT2D eigenvalue weighted by Crippen LogP contribution is -2.29. The Hall–Kier alpha value is -3.04. The summed E-state index contributed by atoms with van der Waals surface area (Å²) in [6.07, 6.45) is 1.17. The smallest absolute Gasteiger partial charge is 0.251 e. The Morgan fingerprint density at radius 1 is 1.00 bits per heavy atom. The van der Waals surface area contributed by atoms with Crippen LogP contribution < -0.4 is 19.1 Å². The van der Waals surface area contributed by atoms with Gasteiger partial charge in [0.05, 0.1) is 32.1 Å². The van der Waals surface area contributed by atoms with E-state index in [2.05, 4.69) is 21.2 Å². The van der Waals surface area contributed by atoms with Crippen LogP contribution in [-0.2, 0) is 16.6 Å². The Labute approximate surface area is 202 Å². The largest absolute Gasteiger partial charge is 0.497 e. The highest BCUT2D eigenvalue weighted by atomic mass is 79.9. The maximum Gasteiger partial charge on any atom is 0.251 e. The lowest BCUT2D eigenvalue weighted by molar-refractivity contribution is 0.0947. The number of benzene rings is 3. The van der Waals surface area contributed by atoms with Crippen molar-refractivity contribution in [1.29, 1.82) is 0 Å². The van der Waals surface area contributed by atoms with Crippen LogP contribution >= 0.6 is 15.9 Å². The van der Waals surface area contributed by atoms with Crippen LogP contribution in [0.15, 0.2) is 77.3 Å². The maximum absolute atomic E-state index is 12.4. The van der Waals surface area contributed by atoms with Gasteiger partial charge in [0.15, 0.2) is 0 Å². The summed E-state index contributed by atoms with van der Waals surface area (Å²) in [4.78, 5) is 12.4. The highest BCUT2D eigenvalue weighted by Gasteiger charge is 2.18. The molecule has 0 aliphatic rings. The van der Waals surface area contributed by atoms with Gasteiger partial charge in [0, 0.05) is 10.0 Å². The highest BCUT2D eigenvalue weighted by Crippen LogP contribution is 2.24. The summed E-state index contributed by atoms with van der Waals surface area (Å²) in [6.45, 7) is 0.830. The van der Waals surface area contributed by atoms with E-state index in [1.165, 1.54) is 10.6 Å². The molecule has 33 heavy (non-hydrogen) atoms. The molecule has 0 fully saturated rings. The second-order valence-corrected chi connectivity index (χ2v) is 10.0. The summed E-state index contributed by atoms with van der Waals surface area (Å²) in [5.41, 5.74) is 1.81. The standard InChI is InChI=1S/C24H25BrN2O5S/c1-31-22-10-12-23(13-11-22)32-15-14-26-24(28)19-8-6-18(7-9-19)17-27(33(2,29)30)21-5-3-4-20(25)16-21/h3-13,16H,14-15,17H2,1-2H3,(H,26,28). The van der Waals surface area contributed by atoms with Crippen LogP contribution in [0.1, 0.15) is 15.9 Å². The van der Waals surface area contributed by atoms with Gasteiger partial charge in [-0.25, -0.2) is 8.42 Å². The first-order valence-electron chi connectivity index (χ1n) is 10.1. The van der Waals surface area contributed by atoms with Gasteiger partial charge in [-0.2, -0.15) is 0 Å². The Morgan fingerprint density at radius 2 is 1.67 bits per heavy atom. The van der Waals surface area contributed by atoms with E-state index in [0.717, 1.165) is 15.8 Å². The number of methoxy groups -OCH3 is 1. The molecule has 1 amide bonds. The third-order valence-corrected chi connectivity index (χ3v) is 6.39. The van der Waals surface area contributed by atoms with Crippen molar-refractivity contribution >= 4 is 37.5 Å². The van der Waals surface area contributed by atoms with Crippen molar-refractivity contribution < 1.29 is 22.7 Å². The molecule has 0 unspecified atom stereocenters. The number of hydrogen-bond acceptors (Lipinski definition) is 5. The minimum absolute atomic E-state index is 0.160. The number of hydrogen-bond donors (Lipinski definition) is 1. The maximum atomic E-state index is 12.4. The zero-order valence-corrected chi connectivity index (χ0v) is 20.7. The predicted molar refractivity (Wildman–Crippen MR) is 132 cm³/mol. The molecule has 0 saturated carbocycles. The second kappa shape index (κ2) is 11.2. The number of carbonyl (C=O) groups excluding carboxylic acids is 1. The molecule has 174 valence electrons. The van der Waals surface area contributed by atoms with Crippen molar-refractivity contribution in [2.24, 2.45) is 0 Å². The lowest BCUT2D eigenvalue weighted by atomic mass is 10.1. The van der Waals surface area contributed by atoms with Crippen LogP contribution in [0.3, 0.4) is 0 Å². The molecular weight excluding hydrogens is 508 g/mol. The van der Waals surface area contributed by atoms with Crippen LogP contribution in [0.5, 0.6) is 11.5 Å². The second-order valence-electron chi connectivity index (χ2n) is 7.23. The zero-order chi connectivity index (χ0) is 23.8. The van der Waals surface area contributed by atoms with Crippen LogP contribution in [0.4, 0.5) is 5.69 Å². The van der Waals surface area contributed by atoms with Gasteiger partial charge in [0.1, 0.15) is 18.1 Å². The van der Waals surface area contributed by atoms with Gasteiger partial charge >= 0.3 is 0 Å². The van der Waals surface area contributed by atoms with E-state index in [1.807, 2.05) is 6.07 Å². The van der Waals surface area contributed by atoms with E-state index >= 15 is 0 Å². The molecule has 3 rings (SSSR count). The van der Waals surface area contributed by atoms with E-state index in [4.69, 9.17) is 9.47 Å². The number of ether oxygens (including phenoxy) is 2. The molecule has 0 atom stereocenters. The SMILES string of the molecule is COc1ccc(OCCNC(=O)c2ccc(CN(c3cccc(Br)c3)S(C)(=O)=O)cc2)cc1. The van der Waals surface area contributed by atoms with Crippen LogP contribution in [-0.4, -0.2) is 40.8 Å². The fourth-order valence-corrected chi connectivity index (χ4v) is 4.33. The zero-order valence-electron chi connectivity index (χ0n) is 18.3. The summed E-state index contributed by atoms with van der Waals surface area (Å²) in [7, 11) is -1.89. The number of anilines is 1. The fraction of sp³-hybridized carbons (Fsp3) is 0.208. The topological polar surface area (TPSA) is 84.9 Å². The van der Waals surface area contributed by atoms with Crippen LogP contribution in [0, 0.1) is 0 Å². The minimum atomic E-state index is -3.49. The summed E-state index contributed by atoms with van der Waals surface area (Å²) < 4.78 is 37.5. The Bertz CT molecular complexity index is 1180. The van der Waals surface area contributed by atoms with Crippen molar-refractivity contribution in [3.63, 3.8) is 0 Å². The molecule has 0 heterocycles. The Balaban J connectivity index is 1.55. The average molecular weight is 533 g/mol. The molecule has 9 heteroatoms. The molecule has 0 bridgehead atoms. The number of rotatable bonds is 10. The number of amides is 1. The van der Waals surface area contributed by atoms with Crippen LogP contribution in [0.2, 0.25) is 0 Å². The third-order valence-electron chi connectivity index (χ3n) is 4.75. The van der Waals surface area contributed by atoms with Crippen molar-refractivity contribution in [1.82, 2.24) is 5.32 Å². The van der Waals surface area contributed by atoms with Gasteiger partial charge < -0.3 is 14.8 Å². The number of nitrogens with one attached hydrogen (secondary N) is 1. The number of halogens is 1. The normalized spacial score (nSPS) is 11.0. The first-order chi connectivity index (χ1) is 15.8. The highest BCUT2D eigenvalue weighted by molar-refractivity contribution is 9.10. The van der Waals surface area contributed by atoms with Crippen molar-refractivity contribution in [2.75, 3.05) is 30.8 Å².